The van der Waals surface area contributed by atoms with Gasteiger partial charge in [0.15, 0.2) is 0 Å². The molecule has 1 unspecified atom stereocenters. The van der Waals surface area contributed by atoms with Crippen LogP contribution in [0.25, 0.3) is 21.8 Å². The van der Waals surface area contributed by atoms with Crippen LogP contribution >= 0.6 is 0 Å². The molecule has 0 saturated carbocycles. The van der Waals surface area contributed by atoms with E-state index in [0.29, 0.717) is 11.1 Å². The highest BCUT2D eigenvalue weighted by Gasteiger charge is 2.12. The molecule has 1 heterocycles. The Morgan fingerprint density at radius 3 is 2.76 bits per heavy atom. The molecule has 0 bridgehead atoms. The number of benzene rings is 2. The van der Waals surface area contributed by atoms with Gasteiger partial charge in [0.25, 0.3) is 5.91 Å². The molecule has 0 aliphatic carbocycles. The molecule has 1 aromatic heterocycles. The molecule has 1 amide bonds. The van der Waals surface area contributed by atoms with Crippen LogP contribution in [0.1, 0.15) is 17.3 Å². The molecule has 21 heavy (non-hydrogen) atoms. The van der Waals surface area contributed by atoms with Crippen LogP contribution in [0.2, 0.25) is 0 Å². The number of hydrogen-bond donors (Lipinski definition) is 2. The summed E-state index contributed by atoms with van der Waals surface area (Å²) in [6.07, 6.45) is -0.572. The summed E-state index contributed by atoms with van der Waals surface area (Å²) in [6, 6.07) is 15.4. The second-order valence-electron chi connectivity index (χ2n) is 5.12. The maximum Gasteiger partial charge on any atom is 0.253 e. The number of para-hydroxylation sites is 2. The van der Waals surface area contributed by atoms with Gasteiger partial charge in [-0.1, -0.05) is 30.3 Å². The highest BCUT2D eigenvalue weighted by atomic mass is 16.3. The highest BCUT2D eigenvalue weighted by Crippen LogP contribution is 2.22. The van der Waals surface area contributed by atoms with Crippen molar-refractivity contribution in [1.82, 2.24) is 10.3 Å². The van der Waals surface area contributed by atoms with E-state index < -0.39 is 6.10 Å². The van der Waals surface area contributed by atoms with E-state index in [1.807, 2.05) is 42.5 Å². The molecule has 1 atom stereocenters. The predicted octanol–water partition coefficient (Wildman–Crippen LogP) is 2.50. The van der Waals surface area contributed by atoms with Gasteiger partial charge in [-0.05, 0) is 25.1 Å². The molecule has 3 rings (SSSR count). The first-order valence-electron chi connectivity index (χ1n) is 6.90. The van der Waals surface area contributed by atoms with Crippen molar-refractivity contribution in [2.45, 2.75) is 13.0 Å². The van der Waals surface area contributed by atoms with E-state index in [1.165, 1.54) is 0 Å². The molecule has 0 spiro atoms. The zero-order valence-electron chi connectivity index (χ0n) is 11.7. The fraction of sp³-hybridized carbons (Fsp3) is 0.176. The number of aliphatic hydroxyl groups excluding tert-OH is 1. The maximum atomic E-state index is 12.2. The van der Waals surface area contributed by atoms with Crippen LogP contribution < -0.4 is 5.32 Å². The number of nitrogens with zero attached hydrogens (tertiary/aromatic N) is 1. The Balaban J connectivity index is 2.10. The van der Waals surface area contributed by atoms with Gasteiger partial charge in [-0.15, -0.1) is 0 Å². The number of rotatable bonds is 3. The highest BCUT2D eigenvalue weighted by molar-refractivity contribution is 6.07. The minimum absolute atomic E-state index is 0.218. The van der Waals surface area contributed by atoms with Gasteiger partial charge >= 0.3 is 0 Å². The van der Waals surface area contributed by atoms with Crippen LogP contribution in [0.4, 0.5) is 0 Å². The summed E-state index contributed by atoms with van der Waals surface area (Å²) < 4.78 is 0. The Bertz CT molecular complexity index is 812. The van der Waals surface area contributed by atoms with Crippen molar-refractivity contribution in [2.75, 3.05) is 6.54 Å². The van der Waals surface area contributed by atoms with Crippen molar-refractivity contribution < 1.29 is 9.90 Å². The lowest BCUT2D eigenvalue weighted by atomic mass is 10.1. The molecule has 0 aliphatic rings. The van der Waals surface area contributed by atoms with Crippen molar-refractivity contribution in [3.8, 4) is 0 Å². The first-order valence-corrected chi connectivity index (χ1v) is 6.90. The van der Waals surface area contributed by atoms with Crippen molar-refractivity contribution in [3.63, 3.8) is 0 Å². The SMILES string of the molecule is CC(O)CNC(=O)c1cccc2cc3ccccc3nc12. The van der Waals surface area contributed by atoms with Gasteiger partial charge in [-0.2, -0.15) is 0 Å². The van der Waals surface area contributed by atoms with Crippen molar-refractivity contribution in [2.24, 2.45) is 0 Å². The number of aliphatic hydroxyl groups is 1. The number of amides is 1. The summed E-state index contributed by atoms with van der Waals surface area (Å²) in [5.74, 6) is -0.218. The Morgan fingerprint density at radius 2 is 1.95 bits per heavy atom. The third-order valence-corrected chi connectivity index (χ3v) is 3.35. The van der Waals surface area contributed by atoms with E-state index in [2.05, 4.69) is 10.3 Å². The number of carbonyl (C=O) groups is 1. The minimum atomic E-state index is -0.572. The van der Waals surface area contributed by atoms with E-state index in [9.17, 15) is 9.90 Å². The number of pyridine rings is 1. The molecule has 4 nitrogen and oxygen atoms in total. The van der Waals surface area contributed by atoms with Crippen LogP contribution in [-0.2, 0) is 0 Å². The molecule has 2 aromatic carbocycles. The fourth-order valence-electron chi connectivity index (χ4n) is 2.32. The lowest BCUT2D eigenvalue weighted by molar-refractivity contribution is 0.0925. The molecular formula is C17H16N2O2. The topological polar surface area (TPSA) is 62.2 Å². The van der Waals surface area contributed by atoms with Gasteiger partial charge in [0.05, 0.1) is 22.7 Å². The monoisotopic (exact) mass is 280 g/mol. The van der Waals surface area contributed by atoms with Gasteiger partial charge in [0, 0.05) is 17.3 Å². The standard InChI is InChI=1S/C17H16N2O2/c1-11(20)10-18-17(21)14-7-4-6-13-9-12-5-2-3-8-15(12)19-16(13)14/h2-9,11,20H,10H2,1H3,(H,18,21). The molecule has 4 heteroatoms. The summed E-state index contributed by atoms with van der Waals surface area (Å²) >= 11 is 0. The normalized spacial score (nSPS) is 12.5. The molecule has 0 fully saturated rings. The molecule has 0 aliphatic heterocycles. The number of carbonyl (C=O) groups excluding carboxylic acids is 1. The zero-order valence-corrected chi connectivity index (χ0v) is 11.7. The van der Waals surface area contributed by atoms with Crippen LogP contribution in [0.3, 0.4) is 0 Å². The molecular weight excluding hydrogens is 264 g/mol. The Kier molecular flexibility index (Phi) is 3.54. The average molecular weight is 280 g/mol. The number of fused-ring (bicyclic) bond motifs is 2. The van der Waals surface area contributed by atoms with Gasteiger partial charge in [0.1, 0.15) is 0 Å². The van der Waals surface area contributed by atoms with Gasteiger partial charge in [-0.25, -0.2) is 4.98 Å². The minimum Gasteiger partial charge on any atom is -0.392 e. The molecule has 0 saturated heterocycles. The third kappa shape index (κ3) is 2.71. The smallest absolute Gasteiger partial charge is 0.253 e. The van der Waals surface area contributed by atoms with E-state index in [0.717, 1.165) is 16.3 Å². The number of nitrogens with one attached hydrogen (secondary N) is 1. The molecule has 2 N–H and O–H groups in total. The Hall–Kier alpha value is -2.46. The lowest BCUT2D eigenvalue weighted by Crippen LogP contribution is -2.30. The van der Waals surface area contributed by atoms with E-state index >= 15 is 0 Å². The first-order chi connectivity index (χ1) is 10.1. The summed E-state index contributed by atoms with van der Waals surface area (Å²) in [7, 11) is 0. The zero-order chi connectivity index (χ0) is 14.8. The summed E-state index contributed by atoms with van der Waals surface area (Å²) in [4.78, 5) is 16.8. The maximum absolute atomic E-state index is 12.2. The van der Waals surface area contributed by atoms with Gasteiger partial charge in [0.2, 0.25) is 0 Å². The second kappa shape index (κ2) is 5.50. The molecule has 3 aromatic rings. The quantitative estimate of drug-likeness (QED) is 0.725. The predicted molar refractivity (Wildman–Crippen MR) is 83.3 cm³/mol. The largest absolute Gasteiger partial charge is 0.392 e. The van der Waals surface area contributed by atoms with Crippen LogP contribution in [0.15, 0.2) is 48.5 Å². The average Bonchev–Trinajstić information content (AvgIpc) is 2.50. The van der Waals surface area contributed by atoms with Crippen molar-refractivity contribution >= 4 is 27.7 Å². The summed E-state index contributed by atoms with van der Waals surface area (Å²) in [5, 5.41) is 14.0. The Labute approximate surface area is 122 Å². The van der Waals surface area contributed by atoms with Crippen molar-refractivity contribution in [1.29, 1.82) is 0 Å². The van der Waals surface area contributed by atoms with Crippen LogP contribution in [-0.4, -0.2) is 28.6 Å². The van der Waals surface area contributed by atoms with Crippen molar-refractivity contribution in [3.05, 3.63) is 54.1 Å². The van der Waals surface area contributed by atoms with E-state index in [-0.39, 0.29) is 12.5 Å². The van der Waals surface area contributed by atoms with Crippen LogP contribution in [0.5, 0.6) is 0 Å². The molecule has 0 radical (unpaired) electrons. The molecule has 106 valence electrons. The number of aromatic nitrogens is 1. The first kappa shape index (κ1) is 13.5. The van der Waals surface area contributed by atoms with Gasteiger partial charge < -0.3 is 10.4 Å². The van der Waals surface area contributed by atoms with E-state index in [4.69, 9.17) is 0 Å². The van der Waals surface area contributed by atoms with Gasteiger partial charge in [-0.3, -0.25) is 4.79 Å². The van der Waals surface area contributed by atoms with E-state index in [1.54, 1.807) is 13.0 Å². The second-order valence-corrected chi connectivity index (χ2v) is 5.12. The summed E-state index contributed by atoms with van der Waals surface area (Å²) in [5.41, 5.74) is 2.07. The third-order valence-electron chi connectivity index (χ3n) is 3.35. The lowest BCUT2D eigenvalue weighted by Gasteiger charge is -2.09. The van der Waals surface area contributed by atoms with Crippen LogP contribution in [0, 0.1) is 0 Å². The Morgan fingerprint density at radius 1 is 1.19 bits per heavy atom. The number of hydrogen-bond acceptors (Lipinski definition) is 3. The fourth-order valence-corrected chi connectivity index (χ4v) is 2.32. The summed E-state index contributed by atoms with van der Waals surface area (Å²) in [6.45, 7) is 1.86.